The summed E-state index contributed by atoms with van der Waals surface area (Å²) in [5.41, 5.74) is 9.73. The van der Waals surface area contributed by atoms with Crippen molar-refractivity contribution in [1.82, 2.24) is 10.1 Å². The molecule has 0 atom stereocenters. The zero-order chi connectivity index (χ0) is 9.14. The molecule has 0 unspecified atom stereocenters. The van der Waals surface area contributed by atoms with Crippen molar-refractivity contribution in [1.29, 1.82) is 0 Å². The topological polar surface area (TPSA) is 117 Å². The fraction of sp³-hybridized carbons (Fsp3) is 0. The molecule has 0 aromatic carbocycles. The van der Waals surface area contributed by atoms with E-state index in [1.54, 1.807) is 0 Å². The molecule has 1 aliphatic rings. The Labute approximate surface area is 67.0 Å². The van der Waals surface area contributed by atoms with Crippen LogP contribution < -0.4 is 11.5 Å². The highest BCUT2D eigenvalue weighted by molar-refractivity contribution is 5.78. The molecule has 1 aliphatic heterocycles. The molecule has 0 saturated carbocycles. The largest absolute Gasteiger partial charge is 0.357 e. The first-order valence-corrected chi connectivity index (χ1v) is 2.88. The number of hydrogen-bond acceptors (Lipinski definition) is 4. The van der Waals surface area contributed by atoms with Crippen LogP contribution in [0.15, 0.2) is 22.7 Å². The number of hydrazine groups is 1. The van der Waals surface area contributed by atoms with Gasteiger partial charge in [0, 0.05) is 0 Å². The average Bonchev–Trinajstić information content (AvgIpc) is 2.04. The highest BCUT2D eigenvalue weighted by Gasteiger charge is 2.22. The number of amides is 4. The van der Waals surface area contributed by atoms with Gasteiger partial charge in [-0.3, -0.25) is 0 Å². The third kappa shape index (κ3) is 1.31. The highest BCUT2D eigenvalue weighted by atomic mass is 16.2. The van der Waals surface area contributed by atoms with Gasteiger partial charge in [-0.1, -0.05) is 5.12 Å². The Kier molecular flexibility index (Phi) is 1.90. The zero-order valence-electron chi connectivity index (χ0n) is 5.91. The summed E-state index contributed by atoms with van der Waals surface area (Å²) in [6.45, 7) is 0. The number of nitrogens with two attached hydrogens (primary N) is 2. The zero-order valence-corrected chi connectivity index (χ0v) is 5.91. The maximum atomic E-state index is 10.6. The van der Waals surface area contributed by atoms with Crippen molar-refractivity contribution in [3.63, 3.8) is 0 Å². The van der Waals surface area contributed by atoms with Crippen molar-refractivity contribution in [2.75, 3.05) is 0 Å². The van der Waals surface area contributed by atoms with Crippen molar-refractivity contribution in [3.8, 4) is 0 Å². The van der Waals surface area contributed by atoms with Gasteiger partial charge < -0.3 is 11.5 Å². The van der Waals surface area contributed by atoms with E-state index < -0.39 is 12.1 Å². The lowest BCUT2D eigenvalue weighted by molar-refractivity contribution is 0.0824. The molecule has 0 bridgehead atoms. The fourth-order valence-corrected chi connectivity index (χ4v) is 0.595. The summed E-state index contributed by atoms with van der Waals surface area (Å²) in [4.78, 5) is 21.2. The van der Waals surface area contributed by atoms with Crippen LogP contribution in [0.1, 0.15) is 0 Å². The molecule has 8 heteroatoms. The second-order valence-corrected chi connectivity index (χ2v) is 1.81. The lowest BCUT2D eigenvalue weighted by Gasteiger charge is -2.24. The van der Waals surface area contributed by atoms with Crippen LogP contribution in [-0.4, -0.2) is 22.2 Å². The second kappa shape index (κ2) is 2.86. The number of carbonyl (C=O) groups is 2. The standard InChI is InChI=1S/C4H6N6O2/c5-3(11)9-2-1-7-8-10(9)4(6)12/h1-2H,(H2,5,11)(H2,6,12). The third-order valence-corrected chi connectivity index (χ3v) is 1.04. The van der Waals surface area contributed by atoms with E-state index in [2.05, 4.69) is 10.3 Å². The van der Waals surface area contributed by atoms with E-state index in [4.69, 9.17) is 11.5 Å². The van der Waals surface area contributed by atoms with Crippen LogP contribution in [0.3, 0.4) is 0 Å². The summed E-state index contributed by atoms with van der Waals surface area (Å²) in [6.07, 6.45) is 2.37. The molecule has 0 aromatic rings. The number of hydrogen-bond donors (Lipinski definition) is 2. The maximum Gasteiger partial charge on any atom is 0.357 e. The maximum absolute atomic E-state index is 10.6. The quantitative estimate of drug-likeness (QED) is 0.510. The van der Waals surface area contributed by atoms with Crippen LogP contribution >= 0.6 is 0 Å². The predicted molar refractivity (Wildman–Crippen MR) is 36.8 cm³/mol. The van der Waals surface area contributed by atoms with E-state index in [0.717, 1.165) is 5.01 Å². The van der Waals surface area contributed by atoms with Crippen LogP contribution in [-0.2, 0) is 0 Å². The van der Waals surface area contributed by atoms with Crippen LogP contribution in [0, 0.1) is 0 Å². The number of urea groups is 2. The fourth-order valence-electron chi connectivity index (χ4n) is 0.595. The lowest BCUT2D eigenvalue weighted by Crippen LogP contribution is -2.48. The SMILES string of the molecule is NC(=O)N1C=CN=NN1C(N)=O. The van der Waals surface area contributed by atoms with Crippen LogP contribution in [0.4, 0.5) is 9.59 Å². The smallest absolute Gasteiger partial charge is 0.350 e. The summed E-state index contributed by atoms with van der Waals surface area (Å²) < 4.78 is 0. The van der Waals surface area contributed by atoms with Crippen molar-refractivity contribution in [2.45, 2.75) is 0 Å². The van der Waals surface area contributed by atoms with Gasteiger partial charge in [0.15, 0.2) is 0 Å². The van der Waals surface area contributed by atoms with E-state index in [1.165, 1.54) is 12.4 Å². The first-order chi connectivity index (χ1) is 5.63. The molecule has 0 saturated heterocycles. The Bertz CT molecular complexity index is 243. The molecular weight excluding hydrogens is 164 g/mol. The van der Waals surface area contributed by atoms with Gasteiger partial charge in [-0.15, -0.1) is 5.11 Å². The minimum Gasteiger partial charge on any atom is -0.350 e. The summed E-state index contributed by atoms with van der Waals surface area (Å²) in [5, 5.41) is 7.86. The van der Waals surface area contributed by atoms with Gasteiger partial charge >= 0.3 is 12.1 Å². The van der Waals surface area contributed by atoms with Crippen LogP contribution in [0.2, 0.25) is 0 Å². The van der Waals surface area contributed by atoms with Gasteiger partial charge in [0.2, 0.25) is 0 Å². The number of nitrogens with zero attached hydrogens (tertiary/aromatic N) is 4. The lowest BCUT2D eigenvalue weighted by atomic mass is 10.8. The Morgan fingerprint density at radius 2 is 1.92 bits per heavy atom. The van der Waals surface area contributed by atoms with E-state index in [0.29, 0.717) is 5.12 Å². The summed E-state index contributed by atoms with van der Waals surface area (Å²) in [6, 6.07) is -1.81. The summed E-state index contributed by atoms with van der Waals surface area (Å²) >= 11 is 0. The summed E-state index contributed by atoms with van der Waals surface area (Å²) in [7, 11) is 0. The van der Waals surface area contributed by atoms with E-state index >= 15 is 0 Å². The predicted octanol–water partition coefficient (Wildman–Crippen LogP) is -0.485. The molecule has 4 N–H and O–H groups in total. The summed E-state index contributed by atoms with van der Waals surface area (Å²) in [5.74, 6) is 0. The van der Waals surface area contributed by atoms with E-state index in [9.17, 15) is 9.59 Å². The Morgan fingerprint density at radius 1 is 1.25 bits per heavy atom. The second-order valence-electron chi connectivity index (χ2n) is 1.81. The molecule has 12 heavy (non-hydrogen) atoms. The molecule has 0 fully saturated rings. The van der Waals surface area contributed by atoms with Gasteiger partial charge in [-0.2, -0.15) is 5.01 Å². The van der Waals surface area contributed by atoms with Crippen molar-refractivity contribution in [3.05, 3.63) is 12.4 Å². The molecule has 8 nitrogen and oxygen atoms in total. The molecule has 0 spiro atoms. The van der Waals surface area contributed by atoms with Gasteiger partial charge in [0.25, 0.3) is 0 Å². The van der Waals surface area contributed by atoms with Gasteiger partial charge in [-0.05, 0) is 5.22 Å². The number of carbonyl (C=O) groups excluding carboxylic acids is 2. The monoisotopic (exact) mass is 170 g/mol. The number of rotatable bonds is 0. The molecule has 4 amide bonds. The first kappa shape index (κ1) is 7.98. The van der Waals surface area contributed by atoms with Crippen molar-refractivity contribution >= 4 is 12.1 Å². The normalized spacial score (nSPS) is 15.0. The van der Waals surface area contributed by atoms with Crippen LogP contribution in [0.25, 0.3) is 0 Å². The van der Waals surface area contributed by atoms with Crippen molar-refractivity contribution < 1.29 is 9.59 Å². The molecule has 64 valence electrons. The minimum absolute atomic E-state index is 0.544. The first-order valence-electron chi connectivity index (χ1n) is 2.88. The molecule has 1 rings (SSSR count). The highest BCUT2D eigenvalue weighted by Crippen LogP contribution is 2.05. The Morgan fingerprint density at radius 3 is 2.33 bits per heavy atom. The average molecular weight is 170 g/mol. The van der Waals surface area contributed by atoms with Gasteiger partial charge in [0.1, 0.15) is 0 Å². The Balaban J connectivity index is 2.85. The third-order valence-electron chi connectivity index (χ3n) is 1.04. The number of primary amides is 2. The molecular formula is C4H6N6O2. The van der Waals surface area contributed by atoms with Gasteiger partial charge in [0.05, 0.1) is 12.4 Å². The van der Waals surface area contributed by atoms with Crippen LogP contribution in [0.5, 0.6) is 0 Å². The molecule has 0 aromatic heterocycles. The van der Waals surface area contributed by atoms with Crippen molar-refractivity contribution in [2.24, 2.45) is 21.8 Å². The molecule has 0 radical (unpaired) electrons. The van der Waals surface area contributed by atoms with Gasteiger partial charge in [-0.25, -0.2) is 9.59 Å². The van der Waals surface area contributed by atoms with E-state index in [-0.39, 0.29) is 0 Å². The Hall–Kier alpha value is -2.12. The molecule has 0 aliphatic carbocycles. The minimum atomic E-state index is -0.943. The molecule has 1 heterocycles. The van der Waals surface area contributed by atoms with E-state index in [1.807, 2.05) is 0 Å².